The molecule has 0 unspecified atom stereocenters. The zero-order valence-corrected chi connectivity index (χ0v) is 9.17. The van der Waals surface area contributed by atoms with Gasteiger partial charge in [0.2, 0.25) is 0 Å². The monoisotopic (exact) mass is 198 g/mol. The zero-order valence-electron chi connectivity index (χ0n) is 9.17. The van der Waals surface area contributed by atoms with E-state index in [1.807, 2.05) is 0 Å². The Labute approximate surface area is 86.8 Å². The number of piperidine rings is 1. The fraction of sp³-hybridized carbons (Fsp3) is 1.00. The van der Waals surface area contributed by atoms with Crippen LogP contribution in [0.15, 0.2) is 0 Å². The SMILES string of the molecule is CCCN1CCOC[C@@H]2CNCC[C@@H]21. The minimum absolute atomic E-state index is 0.720. The fourth-order valence-electron chi connectivity index (χ4n) is 2.71. The van der Waals surface area contributed by atoms with Gasteiger partial charge >= 0.3 is 0 Å². The van der Waals surface area contributed by atoms with E-state index in [0.29, 0.717) is 0 Å². The quantitative estimate of drug-likeness (QED) is 0.707. The summed E-state index contributed by atoms with van der Waals surface area (Å²) in [7, 11) is 0. The Morgan fingerprint density at radius 3 is 3.29 bits per heavy atom. The van der Waals surface area contributed by atoms with Crippen molar-refractivity contribution in [1.29, 1.82) is 0 Å². The minimum atomic E-state index is 0.720. The van der Waals surface area contributed by atoms with Crippen LogP contribution in [0.4, 0.5) is 0 Å². The molecule has 2 fully saturated rings. The maximum absolute atomic E-state index is 5.66. The van der Waals surface area contributed by atoms with E-state index in [-0.39, 0.29) is 0 Å². The lowest BCUT2D eigenvalue weighted by molar-refractivity contribution is 0.102. The van der Waals surface area contributed by atoms with E-state index in [2.05, 4.69) is 17.1 Å². The van der Waals surface area contributed by atoms with Crippen LogP contribution in [0.25, 0.3) is 0 Å². The molecule has 0 aromatic rings. The lowest BCUT2D eigenvalue weighted by Gasteiger charge is -2.37. The molecule has 2 aliphatic heterocycles. The maximum Gasteiger partial charge on any atom is 0.0593 e. The fourth-order valence-corrected chi connectivity index (χ4v) is 2.71. The first-order valence-electron chi connectivity index (χ1n) is 5.94. The number of rotatable bonds is 2. The lowest BCUT2D eigenvalue weighted by atomic mass is 9.93. The Kier molecular flexibility index (Phi) is 3.79. The number of nitrogens with one attached hydrogen (secondary N) is 1. The number of fused-ring (bicyclic) bond motifs is 1. The van der Waals surface area contributed by atoms with E-state index >= 15 is 0 Å². The highest BCUT2D eigenvalue weighted by atomic mass is 16.5. The molecule has 0 amide bonds. The molecule has 3 nitrogen and oxygen atoms in total. The summed E-state index contributed by atoms with van der Waals surface area (Å²) in [6, 6.07) is 0.777. The van der Waals surface area contributed by atoms with Crippen molar-refractivity contribution >= 4 is 0 Å². The second kappa shape index (κ2) is 5.10. The summed E-state index contributed by atoms with van der Waals surface area (Å²) in [6.07, 6.45) is 2.56. The molecule has 82 valence electrons. The van der Waals surface area contributed by atoms with Crippen LogP contribution in [-0.2, 0) is 4.74 Å². The molecule has 0 saturated carbocycles. The molecule has 0 aliphatic carbocycles. The predicted octanol–water partition coefficient (Wildman–Crippen LogP) is 0.707. The summed E-state index contributed by atoms with van der Waals surface area (Å²) in [5.74, 6) is 0.720. The largest absolute Gasteiger partial charge is 0.380 e. The van der Waals surface area contributed by atoms with Crippen molar-refractivity contribution in [2.75, 3.05) is 39.4 Å². The van der Waals surface area contributed by atoms with Gasteiger partial charge in [-0.1, -0.05) is 6.92 Å². The van der Waals surface area contributed by atoms with Crippen LogP contribution in [0.1, 0.15) is 19.8 Å². The summed E-state index contributed by atoms with van der Waals surface area (Å²) in [5.41, 5.74) is 0. The number of ether oxygens (including phenoxy) is 1. The van der Waals surface area contributed by atoms with Crippen LogP contribution in [0.5, 0.6) is 0 Å². The highest BCUT2D eigenvalue weighted by molar-refractivity contribution is 4.86. The first-order valence-corrected chi connectivity index (χ1v) is 5.94. The number of hydrogen-bond donors (Lipinski definition) is 1. The Hall–Kier alpha value is -0.120. The molecule has 2 atom stereocenters. The second-order valence-corrected chi connectivity index (χ2v) is 4.43. The van der Waals surface area contributed by atoms with Gasteiger partial charge in [0.05, 0.1) is 13.2 Å². The van der Waals surface area contributed by atoms with Gasteiger partial charge in [-0.3, -0.25) is 4.90 Å². The van der Waals surface area contributed by atoms with E-state index in [0.717, 1.165) is 38.3 Å². The molecule has 0 aromatic carbocycles. The second-order valence-electron chi connectivity index (χ2n) is 4.43. The molecule has 0 bridgehead atoms. The lowest BCUT2D eigenvalue weighted by Crippen LogP contribution is -2.50. The van der Waals surface area contributed by atoms with Crippen LogP contribution in [0, 0.1) is 5.92 Å². The average molecular weight is 198 g/mol. The minimum Gasteiger partial charge on any atom is -0.380 e. The first kappa shape index (κ1) is 10.4. The van der Waals surface area contributed by atoms with E-state index < -0.39 is 0 Å². The summed E-state index contributed by atoms with van der Waals surface area (Å²) in [5, 5.41) is 3.47. The molecule has 14 heavy (non-hydrogen) atoms. The normalized spacial score (nSPS) is 34.9. The topological polar surface area (TPSA) is 24.5 Å². The first-order chi connectivity index (χ1) is 6.92. The molecular formula is C11H22N2O. The van der Waals surface area contributed by atoms with Crippen molar-refractivity contribution < 1.29 is 4.74 Å². The molecule has 2 saturated heterocycles. The van der Waals surface area contributed by atoms with Crippen LogP contribution < -0.4 is 5.32 Å². The highest BCUT2D eigenvalue weighted by Crippen LogP contribution is 2.21. The van der Waals surface area contributed by atoms with Crippen LogP contribution in [-0.4, -0.2) is 50.3 Å². The van der Waals surface area contributed by atoms with Crippen molar-refractivity contribution in [3.63, 3.8) is 0 Å². The molecule has 0 radical (unpaired) electrons. The van der Waals surface area contributed by atoms with Crippen molar-refractivity contribution in [2.24, 2.45) is 5.92 Å². The van der Waals surface area contributed by atoms with Crippen LogP contribution >= 0.6 is 0 Å². The molecule has 0 spiro atoms. The van der Waals surface area contributed by atoms with E-state index in [1.54, 1.807) is 0 Å². The highest BCUT2D eigenvalue weighted by Gasteiger charge is 2.31. The molecule has 0 aromatic heterocycles. The van der Waals surface area contributed by atoms with Gasteiger partial charge in [-0.05, 0) is 25.9 Å². The third-order valence-electron chi connectivity index (χ3n) is 3.40. The van der Waals surface area contributed by atoms with Crippen molar-refractivity contribution in [3.05, 3.63) is 0 Å². The molecular weight excluding hydrogens is 176 g/mol. The smallest absolute Gasteiger partial charge is 0.0593 e. The average Bonchev–Trinajstić information content (AvgIpc) is 2.42. The molecule has 1 N–H and O–H groups in total. The van der Waals surface area contributed by atoms with Gasteiger partial charge in [-0.25, -0.2) is 0 Å². The van der Waals surface area contributed by atoms with Gasteiger partial charge in [0.1, 0.15) is 0 Å². The standard InChI is InChI=1S/C11H22N2O/c1-2-5-13-6-7-14-9-10-8-12-4-3-11(10)13/h10-12H,2-9H2,1H3/t10-,11-/m0/s1. The Morgan fingerprint density at radius 1 is 1.50 bits per heavy atom. The van der Waals surface area contributed by atoms with Gasteiger partial charge in [-0.15, -0.1) is 0 Å². The molecule has 2 aliphatic rings. The van der Waals surface area contributed by atoms with Gasteiger partial charge in [0, 0.05) is 25.0 Å². The van der Waals surface area contributed by atoms with Crippen molar-refractivity contribution in [2.45, 2.75) is 25.8 Å². The number of nitrogens with zero attached hydrogens (tertiary/aromatic N) is 1. The molecule has 3 heteroatoms. The van der Waals surface area contributed by atoms with E-state index in [1.165, 1.54) is 25.9 Å². The summed E-state index contributed by atoms with van der Waals surface area (Å²) >= 11 is 0. The third kappa shape index (κ3) is 2.27. The van der Waals surface area contributed by atoms with Gasteiger partial charge in [0.25, 0.3) is 0 Å². The van der Waals surface area contributed by atoms with Crippen molar-refractivity contribution in [1.82, 2.24) is 10.2 Å². The van der Waals surface area contributed by atoms with E-state index in [4.69, 9.17) is 4.74 Å². The maximum atomic E-state index is 5.66. The zero-order chi connectivity index (χ0) is 9.80. The predicted molar refractivity (Wildman–Crippen MR) is 57.4 cm³/mol. The summed E-state index contributed by atoms with van der Waals surface area (Å²) < 4.78 is 5.66. The summed E-state index contributed by atoms with van der Waals surface area (Å²) in [4.78, 5) is 2.64. The van der Waals surface area contributed by atoms with Gasteiger partial charge in [-0.2, -0.15) is 0 Å². The Bertz CT molecular complexity index is 175. The third-order valence-corrected chi connectivity index (χ3v) is 3.40. The van der Waals surface area contributed by atoms with Crippen LogP contribution in [0.3, 0.4) is 0 Å². The van der Waals surface area contributed by atoms with E-state index in [9.17, 15) is 0 Å². The number of hydrogen-bond acceptors (Lipinski definition) is 3. The van der Waals surface area contributed by atoms with Crippen LogP contribution in [0.2, 0.25) is 0 Å². The van der Waals surface area contributed by atoms with Gasteiger partial charge in [0.15, 0.2) is 0 Å². The van der Waals surface area contributed by atoms with Crippen molar-refractivity contribution in [3.8, 4) is 0 Å². The Morgan fingerprint density at radius 2 is 2.43 bits per heavy atom. The molecule has 2 rings (SSSR count). The summed E-state index contributed by atoms with van der Waals surface area (Å²) in [6.45, 7) is 8.85. The molecule has 2 heterocycles. The van der Waals surface area contributed by atoms with Gasteiger partial charge < -0.3 is 10.1 Å². The Balaban J connectivity index is 1.99.